The SMILES string of the molecule is CC(C)Oc1ccc(CNCCN2CCNCC2)cc1. The van der Waals surface area contributed by atoms with Gasteiger partial charge in [0.2, 0.25) is 0 Å². The lowest BCUT2D eigenvalue weighted by molar-refractivity contribution is 0.240. The molecule has 0 aromatic heterocycles. The smallest absolute Gasteiger partial charge is 0.119 e. The van der Waals surface area contributed by atoms with Gasteiger partial charge in [0.1, 0.15) is 5.75 Å². The Hall–Kier alpha value is -1.10. The third-order valence-corrected chi connectivity index (χ3v) is 3.44. The number of hydrogen-bond acceptors (Lipinski definition) is 4. The van der Waals surface area contributed by atoms with Crippen molar-refractivity contribution in [3.8, 4) is 5.75 Å². The second-order valence-electron chi connectivity index (χ2n) is 5.58. The third kappa shape index (κ3) is 5.49. The zero-order chi connectivity index (χ0) is 14.2. The highest BCUT2D eigenvalue weighted by atomic mass is 16.5. The maximum Gasteiger partial charge on any atom is 0.119 e. The van der Waals surface area contributed by atoms with Crippen LogP contribution in [0.1, 0.15) is 19.4 Å². The Labute approximate surface area is 122 Å². The first-order chi connectivity index (χ1) is 9.74. The van der Waals surface area contributed by atoms with Crippen LogP contribution in [0.2, 0.25) is 0 Å². The van der Waals surface area contributed by atoms with Gasteiger partial charge in [-0.05, 0) is 31.5 Å². The van der Waals surface area contributed by atoms with Gasteiger partial charge in [-0.3, -0.25) is 4.90 Å². The van der Waals surface area contributed by atoms with Crippen molar-refractivity contribution in [3.05, 3.63) is 29.8 Å². The minimum absolute atomic E-state index is 0.234. The van der Waals surface area contributed by atoms with Crippen molar-refractivity contribution < 1.29 is 4.74 Å². The van der Waals surface area contributed by atoms with E-state index in [2.05, 4.69) is 27.7 Å². The fourth-order valence-electron chi connectivity index (χ4n) is 2.36. The highest BCUT2D eigenvalue weighted by molar-refractivity contribution is 5.27. The molecule has 20 heavy (non-hydrogen) atoms. The molecule has 4 heteroatoms. The lowest BCUT2D eigenvalue weighted by Gasteiger charge is -2.27. The zero-order valence-corrected chi connectivity index (χ0v) is 12.7. The Morgan fingerprint density at radius 3 is 2.55 bits per heavy atom. The summed E-state index contributed by atoms with van der Waals surface area (Å²) in [7, 11) is 0. The molecule has 1 fully saturated rings. The molecule has 112 valence electrons. The molecule has 0 unspecified atom stereocenters. The van der Waals surface area contributed by atoms with E-state index >= 15 is 0 Å². The lowest BCUT2D eigenvalue weighted by atomic mass is 10.2. The molecule has 4 nitrogen and oxygen atoms in total. The summed E-state index contributed by atoms with van der Waals surface area (Å²) < 4.78 is 5.64. The second kappa shape index (κ2) is 8.25. The molecule has 1 aromatic rings. The van der Waals surface area contributed by atoms with E-state index < -0.39 is 0 Å². The second-order valence-corrected chi connectivity index (χ2v) is 5.58. The third-order valence-electron chi connectivity index (χ3n) is 3.44. The normalized spacial score (nSPS) is 16.6. The molecular weight excluding hydrogens is 250 g/mol. The van der Waals surface area contributed by atoms with E-state index in [1.807, 2.05) is 26.0 Å². The first-order valence-electron chi connectivity index (χ1n) is 7.63. The van der Waals surface area contributed by atoms with Crippen LogP contribution in [0.3, 0.4) is 0 Å². The van der Waals surface area contributed by atoms with E-state index in [0.717, 1.165) is 38.5 Å². The Morgan fingerprint density at radius 2 is 1.90 bits per heavy atom. The fraction of sp³-hybridized carbons (Fsp3) is 0.625. The van der Waals surface area contributed by atoms with Gasteiger partial charge in [0, 0.05) is 45.8 Å². The van der Waals surface area contributed by atoms with Crippen molar-refractivity contribution in [2.75, 3.05) is 39.3 Å². The molecule has 2 N–H and O–H groups in total. The van der Waals surface area contributed by atoms with Gasteiger partial charge in [0.25, 0.3) is 0 Å². The number of nitrogens with one attached hydrogen (secondary N) is 2. The van der Waals surface area contributed by atoms with Crippen LogP contribution >= 0.6 is 0 Å². The predicted molar refractivity (Wildman–Crippen MR) is 83.2 cm³/mol. The molecule has 2 rings (SSSR count). The van der Waals surface area contributed by atoms with Gasteiger partial charge in [-0.1, -0.05) is 12.1 Å². The van der Waals surface area contributed by atoms with Crippen molar-refractivity contribution in [3.63, 3.8) is 0 Å². The number of nitrogens with zero attached hydrogens (tertiary/aromatic N) is 1. The van der Waals surface area contributed by atoms with Crippen LogP contribution in [0.25, 0.3) is 0 Å². The molecule has 1 aromatic carbocycles. The van der Waals surface area contributed by atoms with Crippen LogP contribution in [0.4, 0.5) is 0 Å². The lowest BCUT2D eigenvalue weighted by Crippen LogP contribution is -2.45. The fourth-order valence-corrected chi connectivity index (χ4v) is 2.36. The summed E-state index contributed by atoms with van der Waals surface area (Å²) in [6, 6.07) is 8.37. The molecule has 1 aliphatic rings. The molecule has 0 amide bonds. The molecule has 0 radical (unpaired) electrons. The first kappa shape index (κ1) is 15.3. The number of hydrogen-bond donors (Lipinski definition) is 2. The summed E-state index contributed by atoms with van der Waals surface area (Å²) in [5.41, 5.74) is 1.31. The van der Waals surface area contributed by atoms with Crippen LogP contribution < -0.4 is 15.4 Å². The summed E-state index contributed by atoms with van der Waals surface area (Å²) in [6.07, 6.45) is 0.234. The Morgan fingerprint density at radius 1 is 1.20 bits per heavy atom. The summed E-state index contributed by atoms with van der Waals surface area (Å²) in [5, 5.41) is 6.88. The zero-order valence-electron chi connectivity index (χ0n) is 12.7. The van der Waals surface area contributed by atoms with Crippen LogP contribution in [0.5, 0.6) is 5.75 Å². The van der Waals surface area contributed by atoms with E-state index in [1.54, 1.807) is 0 Å². The van der Waals surface area contributed by atoms with E-state index in [1.165, 1.54) is 18.7 Å². The van der Waals surface area contributed by atoms with Crippen molar-refractivity contribution >= 4 is 0 Å². The maximum atomic E-state index is 5.64. The Balaban J connectivity index is 1.63. The molecule has 0 spiro atoms. The predicted octanol–water partition coefficient (Wildman–Crippen LogP) is 1.47. The van der Waals surface area contributed by atoms with E-state index in [-0.39, 0.29) is 6.10 Å². The summed E-state index contributed by atoms with van der Waals surface area (Å²) in [4.78, 5) is 2.50. The molecule has 0 saturated carbocycles. The summed E-state index contributed by atoms with van der Waals surface area (Å²) >= 11 is 0. The van der Waals surface area contributed by atoms with E-state index in [9.17, 15) is 0 Å². The van der Waals surface area contributed by atoms with Crippen molar-refractivity contribution in [1.29, 1.82) is 0 Å². The quantitative estimate of drug-likeness (QED) is 0.740. The van der Waals surface area contributed by atoms with Gasteiger partial charge in [0.05, 0.1) is 6.10 Å². The van der Waals surface area contributed by atoms with Crippen LogP contribution in [-0.4, -0.2) is 50.3 Å². The number of piperazine rings is 1. The van der Waals surface area contributed by atoms with Gasteiger partial charge >= 0.3 is 0 Å². The Kier molecular flexibility index (Phi) is 6.30. The van der Waals surface area contributed by atoms with E-state index in [0.29, 0.717) is 0 Å². The van der Waals surface area contributed by atoms with Gasteiger partial charge in [-0.25, -0.2) is 0 Å². The molecule has 0 bridgehead atoms. The number of benzene rings is 1. The first-order valence-corrected chi connectivity index (χ1v) is 7.63. The van der Waals surface area contributed by atoms with Crippen molar-refractivity contribution in [1.82, 2.24) is 15.5 Å². The van der Waals surface area contributed by atoms with Gasteiger partial charge in [-0.15, -0.1) is 0 Å². The van der Waals surface area contributed by atoms with Gasteiger partial charge in [0.15, 0.2) is 0 Å². The highest BCUT2D eigenvalue weighted by Gasteiger charge is 2.07. The minimum atomic E-state index is 0.234. The topological polar surface area (TPSA) is 36.5 Å². The van der Waals surface area contributed by atoms with Crippen LogP contribution in [-0.2, 0) is 6.54 Å². The standard InChI is InChI=1S/C16H27N3O/c1-14(2)20-16-5-3-15(4-6-16)13-18-9-12-19-10-7-17-8-11-19/h3-6,14,17-18H,7-13H2,1-2H3. The molecule has 1 heterocycles. The average molecular weight is 277 g/mol. The average Bonchev–Trinajstić information content (AvgIpc) is 2.46. The van der Waals surface area contributed by atoms with Crippen molar-refractivity contribution in [2.24, 2.45) is 0 Å². The Bertz CT molecular complexity index is 372. The van der Waals surface area contributed by atoms with Crippen molar-refractivity contribution in [2.45, 2.75) is 26.5 Å². The highest BCUT2D eigenvalue weighted by Crippen LogP contribution is 2.13. The van der Waals surface area contributed by atoms with E-state index in [4.69, 9.17) is 4.74 Å². The maximum absolute atomic E-state index is 5.64. The summed E-state index contributed by atoms with van der Waals surface area (Å²) in [6.45, 7) is 11.8. The minimum Gasteiger partial charge on any atom is -0.491 e. The number of rotatable bonds is 7. The largest absolute Gasteiger partial charge is 0.491 e. The van der Waals surface area contributed by atoms with Gasteiger partial charge in [-0.2, -0.15) is 0 Å². The monoisotopic (exact) mass is 277 g/mol. The van der Waals surface area contributed by atoms with Crippen LogP contribution in [0, 0.1) is 0 Å². The number of ether oxygens (including phenoxy) is 1. The molecule has 0 aliphatic carbocycles. The van der Waals surface area contributed by atoms with Gasteiger partial charge < -0.3 is 15.4 Å². The molecular formula is C16H27N3O. The summed E-state index contributed by atoms with van der Waals surface area (Å²) in [5.74, 6) is 0.949. The molecule has 1 aliphatic heterocycles. The van der Waals surface area contributed by atoms with Crippen LogP contribution in [0.15, 0.2) is 24.3 Å². The molecule has 0 atom stereocenters. The molecule has 1 saturated heterocycles.